The number of benzene rings is 2. The Morgan fingerprint density at radius 2 is 1.85 bits per heavy atom. The molecular formula is C17H11BrN2. The van der Waals surface area contributed by atoms with Gasteiger partial charge in [0.15, 0.2) is 0 Å². The van der Waals surface area contributed by atoms with E-state index in [1.807, 2.05) is 60.8 Å². The third-order valence-electron chi connectivity index (χ3n) is 3.18. The minimum absolute atomic E-state index is 0.657. The summed E-state index contributed by atoms with van der Waals surface area (Å²) in [6.07, 6.45) is 3.79. The maximum absolute atomic E-state index is 9.43. The van der Waals surface area contributed by atoms with Gasteiger partial charge >= 0.3 is 0 Å². The van der Waals surface area contributed by atoms with Crippen LogP contribution in [0.5, 0.6) is 0 Å². The number of nitrogens with zero attached hydrogens (tertiary/aromatic N) is 1. The quantitative estimate of drug-likeness (QED) is 0.663. The van der Waals surface area contributed by atoms with Gasteiger partial charge in [0.25, 0.3) is 0 Å². The minimum atomic E-state index is 0.657. The van der Waals surface area contributed by atoms with Crippen molar-refractivity contribution in [1.82, 2.24) is 4.98 Å². The Bertz CT molecular complexity index is 820. The zero-order valence-electron chi connectivity index (χ0n) is 10.6. The molecule has 1 aromatic heterocycles. The molecule has 2 nitrogen and oxygen atoms in total. The Labute approximate surface area is 125 Å². The number of allylic oxidation sites excluding steroid dienone is 1. The number of hydrogen-bond acceptors (Lipinski definition) is 1. The van der Waals surface area contributed by atoms with Crippen LogP contribution < -0.4 is 0 Å². The molecule has 0 spiro atoms. The molecule has 0 amide bonds. The third kappa shape index (κ3) is 2.38. The highest BCUT2D eigenvalue weighted by Gasteiger charge is 2.07. The van der Waals surface area contributed by atoms with Crippen molar-refractivity contribution in [1.29, 1.82) is 5.26 Å². The van der Waals surface area contributed by atoms with Gasteiger partial charge in [-0.3, -0.25) is 0 Å². The maximum Gasteiger partial charge on any atom is 0.0998 e. The molecule has 0 saturated heterocycles. The first-order valence-electron chi connectivity index (χ1n) is 6.22. The molecule has 96 valence electrons. The van der Waals surface area contributed by atoms with E-state index in [4.69, 9.17) is 0 Å². The molecule has 0 aliphatic rings. The number of rotatable bonds is 2. The second-order valence-electron chi connectivity index (χ2n) is 4.47. The van der Waals surface area contributed by atoms with E-state index in [0.29, 0.717) is 5.57 Å². The number of H-pyrrole nitrogens is 1. The van der Waals surface area contributed by atoms with Crippen LogP contribution >= 0.6 is 15.9 Å². The fourth-order valence-corrected chi connectivity index (χ4v) is 2.45. The van der Waals surface area contributed by atoms with E-state index in [1.54, 1.807) is 0 Å². The molecule has 0 unspecified atom stereocenters. The summed E-state index contributed by atoms with van der Waals surface area (Å²) >= 11 is 3.41. The Morgan fingerprint density at radius 3 is 2.60 bits per heavy atom. The summed E-state index contributed by atoms with van der Waals surface area (Å²) in [6, 6.07) is 18.2. The fraction of sp³-hybridized carbons (Fsp3) is 0. The Balaban J connectivity index is 2.10. The number of nitrogens with one attached hydrogen (secondary N) is 1. The number of aromatic nitrogens is 1. The number of nitriles is 1. The SMILES string of the molecule is N#C/C(=C\c1ccc(Br)cc1)c1c[nH]c2ccccc12. The van der Waals surface area contributed by atoms with Crippen molar-refractivity contribution in [2.45, 2.75) is 0 Å². The molecule has 2 aromatic carbocycles. The lowest BCUT2D eigenvalue weighted by Gasteiger charge is -1.99. The molecule has 0 aliphatic carbocycles. The summed E-state index contributed by atoms with van der Waals surface area (Å²) < 4.78 is 1.03. The summed E-state index contributed by atoms with van der Waals surface area (Å²) in [7, 11) is 0. The zero-order chi connectivity index (χ0) is 13.9. The van der Waals surface area contributed by atoms with Crippen LogP contribution in [-0.4, -0.2) is 4.98 Å². The topological polar surface area (TPSA) is 39.6 Å². The van der Waals surface area contributed by atoms with Crippen LogP contribution in [0, 0.1) is 11.3 Å². The fourth-order valence-electron chi connectivity index (χ4n) is 2.19. The van der Waals surface area contributed by atoms with Crippen molar-refractivity contribution in [3.05, 3.63) is 70.3 Å². The van der Waals surface area contributed by atoms with Gasteiger partial charge in [-0.15, -0.1) is 0 Å². The van der Waals surface area contributed by atoms with Crippen LogP contribution in [0.2, 0.25) is 0 Å². The van der Waals surface area contributed by atoms with E-state index in [9.17, 15) is 5.26 Å². The largest absolute Gasteiger partial charge is 0.361 e. The van der Waals surface area contributed by atoms with Gasteiger partial charge in [0, 0.05) is 27.1 Å². The molecule has 0 fully saturated rings. The lowest BCUT2D eigenvalue weighted by atomic mass is 10.0. The molecule has 0 radical (unpaired) electrons. The zero-order valence-corrected chi connectivity index (χ0v) is 12.2. The van der Waals surface area contributed by atoms with Crippen LogP contribution in [0.25, 0.3) is 22.6 Å². The van der Waals surface area contributed by atoms with Gasteiger partial charge in [-0.1, -0.05) is 46.3 Å². The van der Waals surface area contributed by atoms with Crippen LogP contribution in [-0.2, 0) is 0 Å². The van der Waals surface area contributed by atoms with Gasteiger partial charge in [0.05, 0.1) is 11.6 Å². The van der Waals surface area contributed by atoms with Gasteiger partial charge in [0.1, 0.15) is 0 Å². The Hall–Kier alpha value is -2.31. The van der Waals surface area contributed by atoms with Crippen molar-refractivity contribution in [3.63, 3.8) is 0 Å². The van der Waals surface area contributed by atoms with Gasteiger partial charge in [-0.25, -0.2) is 0 Å². The van der Waals surface area contributed by atoms with Crippen molar-refractivity contribution < 1.29 is 0 Å². The molecule has 1 heterocycles. The van der Waals surface area contributed by atoms with Crippen molar-refractivity contribution in [2.24, 2.45) is 0 Å². The van der Waals surface area contributed by atoms with E-state index in [1.165, 1.54) is 0 Å². The lowest BCUT2D eigenvalue weighted by Crippen LogP contribution is -1.80. The van der Waals surface area contributed by atoms with Crippen molar-refractivity contribution in [2.75, 3.05) is 0 Å². The highest BCUT2D eigenvalue weighted by Crippen LogP contribution is 2.26. The van der Waals surface area contributed by atoms with E-state index >= 15 is 0 Å². The Morgan fingerprint density at radius 1 is 1.10 bits per heavy atom. The summed E-state index contributed by atoms with van der Waals surface area (Å²) in [5.74, 6) is 0. The molecule has 3 rings (SSSR count). The first kappa shape index (κ1) is 12.7. The maximum atomic E-state index is 9.43. The number of fused-ring (bicyclic) bond motifs is 1. The molecule has 1 N–H and O–H groups in total. The van der Waals surface area contributed by atoms with Gasteiger partial charge in [-0.2, -0.15) is 5.26 Å². The summed E-state index contributed by atoms with van der Waals surface area (Å²) in [5, 5.41) is 10.5. The van der Waals surface area contributed by atoms with Crippen LogP contribution in [0.3, 0.4) is 0 Å². The molecule has 3 aromatic rings. The second-order valence-corrected chi connectivity index (χ2v) is 5.38. The summed E-state index contributed by atoms with van der Waals surface area (Å²) in [4.78, 5) is 3.20. The molecule has 0 atom stereocenters. The average molecular weight is 323 g/mol. The van der Waals surface area contributed by atoms with Gasteiger partial charge in [0.2, 0.25) is 0 Å². The average Bonchev–Trinajstić information content (AvgIpc) is 2.91. The number of halogens is 1. The van der Waals surface area contributed by atoms with E-state index < -0.39 is 0 Å². The summed E-state index contributed by atoms with van der Waals surface area (Å²) in [5.41, 5.74) is 3.64. The van der Waals surface area contributed by atoms with Crippen molar-refractivity contribution in [3.8, 4) is 6.07 Å². The molecule has 0 aliphatic heterocycles. The predicted molar refractivity (Wildman–Crippen MR) is 85.9 cm³/mol. The number of aromatic amines is 1. The molecular weight excluding hydrogens is 312 g/mol. The monoisotopic (exact) mass is 322 g/mol. The van der Waals surface area contributed by atoms with Gasteiger partial charge < -0.3 is 4.98 Å². The normalized spacial score (nSPS) is 11.5. The standard InChI is InChI=1S/C17H11BrN2/c18-14-7-5-12(6-8-14)9-13(10-19)16-11-20-17-4-2-1-3-15(16)17/h1-9,11,20H/b13-9+. The van der Waals surface area contributed by atoms with Crippen molar-refractivity contribution >= 4 is 38.5 Å². The highest BCUT2D eigenvalue weighted by molar-refractivity contribution is 9.10. The third-order valence-corrected chi connectivity index (χ3v) is 3.71. The molecule has 0 saturated carbocycles. The molecule has 20 heavy (non-hydrogen) atoms. The Kier molecular flexibility index (Phi) is 3.41. The van der Waals surface area contributed by atoms with E-state index in [2.05, 4.69) is 27.0 Å². The predicted octanol–water partition coefficient (Wildman–Crippen LogP) is 4.99. The lowest BCUT2D eigenvalue weighted by molar-refractivity contribution is 1.46. The first-order valence-corrected chi connectivity index (χ1v) is 7.01. The smallest absolute Gasteiger partial charge is 0.0998 e. The van der Waals surface area contributed by atoms with Crippen LogP contribution in [0.4, 0.5) is 0 Å². The number of hydrogen-bond donors (Lipinski definition) is 1. The first-order chi connectivity index (χ1) is 9.78. The second kappa shape index (κ2) is 5.36. The molecule has 0 bridgehead atoms. The minimum Gasteiger partial charge on any atom is -0.361 e. The van der Waals surface area contributed by atoms with E-state index in [0.717, 1.165) is 26.5 Å². The number of para-hydroxylation sites is 1. The van der Waals surface area contributed by atoms with Crippen LogP contribution in [0.15, 0.2) is 59.2 Å². The van der Waals surface area contributed by atoms with E-state index in [-0.39, 0.29) is 0 Å². The van der Waals surface area contributed by atoms with Crippen LogP contribution in [0.1, 0.15) is 11.1 Å². The van der Waals surface area contributed by atoms with Gasteiger partial charge in [-0.05, 0) is 29.8 Å². The molecule has 3 heteroatoms. The highest BCUT2D eigenvalue weighted by atomic mass is 79.9. The summed E-state index contributed by atoms with van der Waals surface area (Å²) in [6.45, 7) is 0.